The second-order valence-corrected chi connectivity index (χ2v) is 7.50. The topological polar surface area (TPSA) is 101 Å². The number of aromatic nitrogens is 6. The second-order valence-electron chi connectivity index (χ2n) is 7.12. The van der Waals surface area contributed by atoms with Gasteiger partial charge in [0.15, 0.2) is 11.5 Å². The van der Waals surface area contributed by atoms with Crippen LogP contribution in [0.25, 0.3) is 27.8 Å². The molecule has 0 bridgehead atoms. The van der Waals surface area contributed by atoms with Crippen molar-refractivity contribution in [1.82, 2.24) is 29.5 Å². The molecule has 5 rings (SSSR count). The molecule has 0 aliphatic rings. The Kier molecular flexibility index (Phi) is 4.97. The summed E-state index contributed by atoms with van der Waals surface area (Å²) in [6.07, 6.45) is 2.74. The van der Waals surface area contributed by atoms with Crippen molar-refractivity contribution < 1.29 is 13.2 Å². The van der Waals surface area contributed by atoms with E-state index < -0.39 is 39.8 Å². The molecule has 2 aromatic carbocycles. The fraction of sp³-hybridized carbons (Fsp3) is 0.0952. The molecule has 0 saturated heterocycles. The van der Waals surface area contributed by atoms with Crippen molar-refractivity contribution in [2.45, 2.75) is 13.0 Å². The van der Waals surface area contributed by atoms with E-state index >= 15 is 0 Å². The number of nitrogens with one attached hydrogen (secondary N) is 2. The second kappa shape index (κ2) is 7.85. The van der Waals surface area contributed by atoms with Crippen molar-refractivity contribution in [1.29, 1.82) is 0 Å². The van der Waals surface area contributed by atoms with Gasteiger partial charge in [0.2, 0.25) is 0 Å². The maximum Gasteiger partial charge on any atom is 0.267 e. The Morgan fingerprint density at radius 1 is 1.06 bits per heavy atom. The zero-order chi connectivity index (χ0) is 23.3. The summed E-state index contributed by atoms with van der Waals surface area (Å²) in [7, 11) is 0. The number of H-pyrrole nitrogens is 1. The van der Waals surface area contributed by atoms with Crippen molar-refractivity contribution in [3.8, 4) is 5.69 Å². The summed E-state index contributed by atoms with van der Waals surface area (Å²) in [5.74, 6) is -2.61. The number of nitrogens with zero attached hydrogens (tertiary/aromatic N) is 5. The van der Waals surface area contributed by atoms with Gasteiger partial charge in [0.25, 0.3) is 5.56 Å². The van der Waals surface area contributed by atoms with Crippen LogP contribution in [0.15, 0.2) is 47.8 Å². The number of halogens is 4. The van der Waals surface area contributed by atoms with Gasteiger partial charge in [-0.3, -0.25) is 9.36 Å². The van der Waals surface area contributed by atoms with Gasteiger partial charge in [0.05, 0.1) is 28.3 Å². The van der Waals surface area contributed by atoms with Crippen molar-refractivity contribution >= 4 is 39.5 Å². The Hall–Kier alpha value is -3.99. The van der Waals surface area contributed by atoms with E-state index in [1.807, 2.05) is 0 Å². The first-order valence-corrected chi connectivity index (χ1v) is 10.00. The van der Waals surface area contributed by atoms with E-state index in [1.165, 1.54) is 18.7 Å². The zero-order valence-electron chi connectivity index (χ0n) is 16.8. The smallest absolute Gasteiger partial charge is 0.267 e. The fourth-order valence-corrected chi connectivity index (χ4v) is 3.82. The van der Waals surface area contributed by atoms with Gasteiger partial charge >= 0.3 is 0 Å². The molecule has 2 N–H and O–H groups in total. The molecule has 0 saturated carbocycles. The third kappa shape index (κ3) is 3.37. The lowest BCUT2D eigenvalue weighted by atomic mass is 10.2. The van der Waals surface area contributed by atoms with Crippen molar-refractivity contribution in [2.75, 3.05) is 5.32 Å². The molecule has 0 spiro atoms. The Morgan fingerprint density at radius 3 is 2.58 bits per heavy atom. The Balaban J connectivity index is 1.78. The molecular formula is C21H13ClF3N7O. The van der Waals surface area contributed by atoms with Crippen LogP contribution in [0, 0.1) is 17.5 Å². The van der Waals surface area contributed by atoms with Crippen LogP contribution < -0.4 is 10.9 Å². The van der Waals surface area contributed by atoms with Gasteiger partial charge < -0.3 is 10.3 Å². The van der Waals surface area contributed by atoms with E-state index in [0.29, 0.717) is 17.0 Å². The third-order valence-corrected chi connectivity index (χ3v) is 5.44. The summed E-state index contributed by atoms with van der Waals surface area (Å²) in [6.45, 7) is 1.62. The first-order valence-electron chi connectivity index (χ1n) is 9.62. The molecule has 0 unspecified atom stereocenters. The number of imidazole rings is 1. The number of hydrogen-bond acceptors (Lipinski definition) is 6. The fourth-order valence-electron chi connectivity index (χ4n) is 3.58. The average molecular weight is 472 g/mol. The molecule has 0 aliphatic carbocycles. The van der Waals surface area contributed by atoms with Gasteiger partial charge in [-0.1, -0.05) is 17.7 Å². The van der Waals surface area contributed by atoms with E-state index in [4.69, 9.17) is 11.6 Å². The summed E-state index contributed by atoms with van der Waals surface area (Å²) in [5.41, 5.74) is -0.638. The largest absolute Gasteiger partial charge is 0.358 e. The molecule has 166 valence electrons. The number of para-hydroxylation sites is 1. The van der Waals surface area contributed by atoms with E-state index in [2.05, 4.69) is 30.2 Å². The molecule has 0 fully saturated rings. The van der Waals surface area contributed by atoms with Gasteiger partial charge in [-0.2, -0.15) is 0 Å². The molecule has 1 atom stereocenters. The van der Waals surface area contributed by atoms with E-state index in [-0.39, 0.29) is 16.7 Å². The lowest BCUT2D eigenvalue weighted by Gasteiger charge is -2.21. The molecule has 0 radical (unpaired) electrons. The SMILES string of the molecule is C[C@H](Nc1ncnc2[nH]cnc12)c1nc2ccc(F)c(Cl)c2c(=O)n1-c1c(F)cccc1F. The molecule has 0 amide bonds. The highest BCUT2D eigenvalue weighted by Gasteiger charge is 2.25. The van der Waals surface area contributed by atoms with Crippen LogP contribution in [0.2, 0.25) is 5.02 Å². The molecule has 5 aromatic rings. The van der Waals surface area contributed by atoms with Gasteiger partial charge in [0, 0.05) is 0 Å². The Labute approximate surface area is 188 Å². The maximum absolute atomic E-state index is 14.7. The number of anilines is 1. The van der Waals surface area contributed by atoms with Crippen LogP contribution in [-0.2, 0) is 0 Å². The summed E-state index contributed by atoms with van der Waals surface area (Å²) >= 11 is 6.02. The molecular weight excluding hydrogens is 459 g/mol. The summed E-state index contributed by atoms with van der Waals surface area (Å²) < 4.78 is 44.3. The number of fused-ring (bicyclic) bond motifs is 2. The van der Waals surface area contributed by atoms with Crippen LogP contribution in [-0.4, -0.2) is 29.5 Å². The molecule has 8 nitrogen and oxygen atoms in total. The quantitative estimate of drug-likeness (QED) is 0.405. The minimum atomic E-state index is -1.00. The van der Waals surface area contributed by atoms with Crippen LogP contribution in [0.3, 0.4) is 0 Å². The predicted octanol–water partition coefficient (Wildman–Crippen LogP) is 4.30. The standard InChI is InChI=1S/C21H13ClF3N7O/c1-9(30-19-16-18(27-7-26-16)28-8-29-19)20-31-13-6-5-10(23)15(22)14(13)21(33)32(20)17-11(24)3-2-4-12(17)25/h2-9H,1H3,(H2,26,27,28,29,30)/t9-/m0/s1. The lowest BCUT2D eigenvalue weighted by Crippen LogP contribution is -2.29. The summed E-state index contributed by atoms with van der Waals surface area (Å²) in [6, 6.07) is 4.69. The Morgan fingerprint density at radius 2 is 1.82 bits per heavy atom. The van der Waals surface area contributed by atoms with E-state index in [1.54, 1.807) is 6.92 Å². The molecule has 12 heteroatoms. The first-order chi connectivity index (χ1) is 15.9. The van der Waals surface area contributed by atoms with Crippen LogP contribution in [0.4, 0.5) is 19.0 Å². The van der Waals surface area contributed by atoms with E-state index in [0.717, 1.165) is 28.8 Å². The summed E-state index contributed by atoms with van der Waals surface area (Å²) in [5, 5.41) is 2.26. The molecule has 33 heavy (non-hydrogen) atoms. The predicted molar refractivity (Wildman–Crippen MR) is 116 cm³/mol. The number of benzene rings is 2. The summed E-state index contributed by atoms with van der Waals surface area (Å²) in [4.78, 5) is 33.0. The molecule has 0 aliphatic heterocycles. The number of rotatable bonds is 4. The highest BCUT2D eigenvalue weighted by Crippen LogP contribution is 2.28. The number of hydrogen-bond donors (Lipinski definition) is 2. The minimum Gasteiger partial charge on any atom is -0.358 e. The van der Waals surface area contributed by atoms with Gasteiger partial charge in [0.1, 0.15) is 40.8 Å². The maximum atomic E-state index is 14.7. The van der Waals surface area contributed by atoms with E-state index in [9.17, 15) is 18.0 Å². The Bertz CT molecular complexity index is 1580. The van der Waals surface area contributed by atoms with Crippen molar-refractivity contribution in [3.63, 3.8) is 0 Å². The average Bonchev–Trinajstić information content (AvgIpc) is 3.27. The van der Waals surface area contributed by atoms with Gasteiger partial charge in [-0.15, -0.1) is 0 Å². The van der Waals surface area contributed by atoms with Crippen molar-refractivity contribution in [2.24, 2.45) is 0 Å². The first kappa shape index (κ1) is 20.9. The normalized spacial score (nSPS) is 12.4. The number of aromatic amines is 1. The van der Waals surface area contributed by atoms with Crippen molar-refractivity contribution in [3.05, 3.63) is 81.6 Å². The monoisotopic (exact) mass is 471 g/mol. The van der Waals surface area contributed by atoms with Crippen LogP contribution in [0.5, 0.6) is 0 Å². The highest BCUT2D eigenvalue weighted by molar-refractivity contribution is 6.35. The van der Waals surface area contributed by atoms with Crippen LogP contribution in [0.1, 0.15) is 18.8 Å². The van der Waals surface area contributed by atoms with Gasteiger partial charge in [-0.25, -0.2) is 33.1 Å². The lowest BCUT2D eigenvalue weighted by molar-refractivity contribution is 0.557. The highest BCUT2D eigenvalue weighted by atomic mass is 35.5. The zero-order valence-corrected chi connectivity index (χ0v) is 17.5. The molecule has 3 aromatic heterocycles. The minimum absolute atomic E-state index is 0.0542. The third-order valence-electron chi connectivity index (χ3n) is 5.07. The van der Waals surface area contributed by atoms with Gasteiger partial charge in [-0.05, 0) is 31.2 Å². The van der Waals surface area contributed by atoms with Crippen LogP contribution >= 0.6 is 11.6 Å². The molecule has 3 heterocycles.